The summed E-state index contributed by atoms with van der Waals surface area (Å²) in [5, 5.41) is 0. The molecule has 1 aromatic heterocycles. The molecule has 1 aromatic carbocycles. The van der Waals surface area contributed by atoms with Crippen molar-refractivity contribution in [2.75, 3.05) is 0 Å². The van der Waals surface area contributed by atoms with Gasteiger partial charge in [0.2, 0.25) is 0 Å². The van der Waals surface area contributed by atoms with Gasteiger partial charge in [-0.1, -0.05) is 22.0 Å². The van der Waals surface area contributed by atoms with Crippen LogP contribution in [0.4, 0.5) is 8.78 Å². The van der Waals surface area contributed by atoms with Crippen LogP contribution in [-0.4, -0.2) is 4.57 Å². The Labute approximate surface area is 105 Å². The topological polar surface area (TPSA) is 22.0 Å². The number of rotatable bonds is 2. The van der Waals surface area contributed by atoms with E-state index in [1.54, 1.807) is 12.1 Å². The highest BCUT2D eigenvalue weighted by Gasteiger charge is 2.08. The molecule has 0 aliphatic heterocycles. The molecule has 0 atom stereocenters. The van der Waals surface area contributed by atoms with Crippen molar-refractivity contribution in [1.29, 1.82) is 0 Å². The van der Waals surface area contributed by atoms with E-state index < -0.39 is 11.6 Å². The number of halogens is 3. The summed E-state index contributed by atoms with van der Waals surface area (Å²) in [5.41, 5.74) is -0.0539. The zero-order valence-electron chi connectivity index (χ0n) is 8.66. The minimum Gasteiger partial charge on any atom is -0.308 e. The quantitative estimate of drug-likeness (QED) is 0.836. The van der Waals surface area contributed by atoms with Crippen LogP contribution in [0.15, 0.2) is 45.8 Å². The molecule has 2 aromatic rings. The molecule has 5 heteroatoms. The fraction of sp³-hybridized carbons (Fsp3) is 0.0833. The molecule has 0 aliphatic rings. The van der Waals surface area contributed by atoms with Gasteiger partial charge in [0, 0.05) is 22.3 Å². The Kier molecular flexibility index (Phi) is 3.38. The maximum atomic E-state index is 13.5. The first kappa shape index (κ1) is 12.0. The van der Waals surface area contributed by atoms with Crippen LogP contribution in [0.1, 0.15) is 5.56 Å². The molecular formula is C12H8BrF2NO. The van der Waals surface area contributed by atoms with Gasteiger partial charge in [0.05, 0.1) is 6.54 Å². The molecule has 0 fully saturated rings. The lowest BCUT2D eigenvalue weighted by Crippen LogP contribution is -2.20. The lowest BCUT2D eigenvalue weighted by molar-refractivity contribution is 0.574. The van der Waals surface area contributed by atoms with Crippen molar-refractivity contribution in [2.24, 2.45) is 0 Å². The Balaban J connectivity index is 2.45. The van der Waals surface area contributed by atoms with Crippen molar-refractivity contribution < 1.29 is 8.78 Å². The maximum Gasteiger partial charge on any atom is 0.251 e. The third kappa shape index (κ3) is 2.61. The lowest BCUT2D eigenvalue weighted by atomic mass is 10.2. The minimum atomic E-state index is -0.530. The van der Waals surface area contributed by atoms with Crippen LogP contribution >= 0.6 is 15.9 Å². The summed E-state index contributed by atoms with van der Waals surface area (Å²) >= 11 is 3.20. The molecule has 0 saturated heterocycles. The van der Waals surface area contributed by atoms with E-state index in [1.807, 2.05) is 0 Å². The van der Waals surface area contributed by atoms with Crippen molar-refractivity contribution in [3.05, 3.63) is 68.6 Å². The average molecular weight is 300 g/mol. The third-order valence-electron chi connectivity index (χ3n) is 2.34. The molecule has 17 heavy (non-hydrogen) atoms. The van der Waals surface area contributed by atoms with Crippen molar-refractivity contribution >= 4 is 15.9 Å². The standard InChI is InChI=1S/C12H8BrF2NO/c13-10-2-1-3-11(15)9(10)7-16-6-8(14)4-5-12(16)17/h1-6H,7H2. The van der Waals surface area contributed by atoms with Crippen LogP contribution in [0, 0.1) is 11.6 Å². The van der Waals surface area contributed by atoms with Crippen LogP contribution < -0.4 is 5.56 Å². The normalized spacial score (nSPS) is 10.5. The summed E-state index contributed by atoms with van der Waals surface area (Å²) in [6.45, 7) is -0.0101. The third-order valence-corrected chi connectivity index (χ3v) is 3.08. The molecule has 0 amide bonds. The molecule has 0 radical (unpaired) electrons. The van der Waals surface area contributed by atoms with E-state index >= 15 is 0 Å². The van der Waals surface area contributed by atoms with Crippen LogP contribution in [0.2, 0.25) is 0 Å². The molecule has 2 nitrogen and oxygen atoms in total. The highest BCUT2D eigenvalue weighted by molar-refractivity contribution is 9.10. The number of nitrogens with zero attached hydrogens (tertiary/aromatic N) is 1. The molecular weight excluding hydrogens is 292 g/mol. The number of aromatic nitrogens is 1. The number of hydrogen-bond donors (Lipinski definition) is 0. The van der Waals surface area contributed by atoms with Gasteiger partial charge in [-0.2, -0.15) is 0 Å². The predicted molar refractivity (Wildman–Crippen MR) is 63.9 cm³/mol. The van der Waals surface area contributed by atoms with Gasteiger partial charge in [0.15, 0.2) is 0 Å². The first-order chi connectivity index (χ1) is 8.08. The smallest absolute Gasteiger partial charge is 0.251 e. The van der Waals surface area contributed by atoms with E-state index in [0.717, 1.165) is 22.9 Å². The molecule has 0 N–H and O–H groups in total. The van der Waals surface area contributed by atoms with Crippen LogP contribution in [0.3, 0.4) is 0 Å². The SMILES string of the molecule is O=c1ccc(F)cn1Cc1c(F)cccc1Br. The number of hydrogen-bond acceptors (Lipinski definition) is 1. The second kappa shape index (κ2) is 4.79. The highest BCUT2D eigenvalue weighted by atomic mass is 79.9. The Bertz CT molecular complexity index is 589. The fourth-order valence-corrected chi connectivity index (χ4v) is 1.95. The van der Waals surface area contributed by atoms with Gasteiger partial charge >= 0.3 is 0 Å². The van der Waals surface area contributed by atoms with E-state index in [4.69, 9.17) is 0 Å². The van der Waals surface area contributed by atoms with Crippen molar-refractivity contribution in [2.45, 2.75) is 6.54 Å². The summed E-state index contributed by atoms with van der Waals surface area (Å²) in [4.78, 5) is 11.5. The van der Waals surface area contributed by atoms with Crippen molar-refractivity contribution in [3.63, 3.8) is 0 Å². The molecule has 0 spiro atoms. The molecule has 0 saturated carbocycles. The fourth-order valence-electron chi connectivity index (χ4n) is 1.48. The van der Waals surface area contributed by atoms with Gasteiger partial charge in [0.1, 0.15) is 11.6 Å². The summed E-state index contributed by atoms with van der Waals surface area (Å²) < 4.78 is 28.2. The molecule has 1 heterocycles. The van der Waals surface area contributed by atoms with Gasteiger partial charge in [0.25, 0.3) is 5.56 Å². The molecule has 0 aliphatic carbocycles. The zero-order valence-corrected chi connectivity index (χ0v) is 10.2. The van der Waals surface area contributed by atoms with Crippen LogP contribution in [0.25, 0.3) is 0 Å². The monoisotopic (exact) mass is 299 g/mol. The van der Waals surface area contributed by atoms with Gasteiger partial charge in [-0.15, -0.1) is 0 Å². The van der Waals surface area contributed by atoms with E-state index in [9.17, 15) is 13.6 Å². The first-order valence-corrected chi connectivity index (χ1v) is 5.66. The Hall–Kier alpha value is -1.49. The Morgan fingerprint density at radius 2 is 1.94 bits per heavy atom. The molecule has 2 rings (SSSR count). The van der Waals surface area contributed by atoms with E-state index in [0.29, 0.717) is 10.0 Å². The second-order valence-electron chi connectivity index (χ2n) is 3.51. The van der Waals surface area contributed by atoms with Gasteiger partial charge in [-0.05, 0) is 18.2 Å². The van der Waals surface area contributed by atoms with Gasteiger partial charge in [-0.3, -0.25) is 4.79 Å². The van der Waals surface area contributed by atoms with Gasteiger partial charge < -0.3 is 4.57 Å². The van der Waals surface area contributed by atoms with Crippen LogP contribution in [-0.2, 0) is 6.54 Å². The summed E-state index contributed by atoms with van der Waals surface area (Å²) in [6.07, 6.45) is 1.06. The van der Waals surface area contributed by atoms with Crippen molar-refractivity contribution in [3.8, 4) is 0 Å². The lowest BCUT2D eigenvalue weighted by Gasteiger charge is -2.08. The number of benzene rings is 1. The average Bonchev–Trinajstić information content (AvgIpc) is 2.28. The van der Waals surface area contributed by atoms with E-state index in [-0.39, 0.29) is 12.1 Å². The predicted octanol–water partition coefficient (Wildman–Crippen LogP) is 2.94. The Morgan fingerprint density at radius 1 is 1.18 bits per heavy atom. The second-order valence-corrected chi connectivity index (χ2v) is 4.37. The Morgan fingerprint density at radius 3 is 2.65 bits per heavy atom. The molecule has 0 bridgehead atoms. The molecule has 88 valence electrons. The summed E-state index contributed by atoms with van der Waals surface area (Å²) in [7, 11) is 0. The first-order valence-electron chi connectivity index (χ1n) is 4.87. The largest absolute Gasteiger partial charge is 0.308 e. The maximum absolute atomic E-state index is 13.5. The summed E-state index contributed by atoms with van der Waals surface area (Å²) in [6, 6.07) is 6.71. The van der Waals surface area contributed by atoms with Crippen molar-refractivity contribution in [1.82, 2.24) is 4.57 Å². The van der Waals surface area contributed by atoms with E-state index in [2.05, 4.69) is 15.9 Å². The number of pyridine rings is 1. The summed E-state index contributed by atoms with van der Waals surface area (Å²) in [5.74, 6) is -0.965. The van der Waals surface area contributed by atoms with Crippen LogP contribution in [0.5, 0.6) is 0 Å². The van der Waals surface area contributed by atoms with E-state index in [1.165, 1.54) is 6.07 Å². The minimum absolute atomic E-state index is 0.0101. The zero-order chi connectivity index (χ0) is 12.4. The van der Waals surface area contributed by atoms with Gasteiger partial charge in [-0.25, -0.2) is 8.78 Å². The molecule has 0 unspecified atom stereocenters. The highest BCUT2D eigenvalue weighted by Crippen LogP contribution is 2.20.